The zero-order chi connectivity index (χ0) is 52.9. The van der Waals surface area contributed by atoms with E-state index in [-0.39, 0.29) is 12.5 Å². The van der Waals surface area contributed by atoms with Crippen LogP contribution in [0.2, 0.25) is 0 Å². The molecule has 0 aromatic rings. The zero-order valence-corrected chi connectivity index (χ0v) is 46.4. The zero-order valence-electron chi connectivity index (χ0n) is 46.4. The van der Waals surface area contributed by atoms with Gasteiger partial charge in [0.05, 0.1) is 25.4 Å². The molecule has 6 N–H and O–H groups in total. The van der Waals surface area contributed by atoms with Crippen molar-refractivity contribution in [3.63, 3.8) is 0 Å². The summed E-state index contributed by atoms with van der Waals surface area (Å²) in [5.41, 5.74) is 0. The van der Waals surface area contributed by atoms with Crippen molar-refractivity contribution in [2.45, 2.75) is 275 Å². The molecule has 0 aromatic carbocycles. The van der Waals surface area contributed by atoms with Crippen LogP contribution in [-0.4, -0.2) is 87.5 Å². The number of carbonyl (C=O) groups excluding carboxylic acids is 1. The lowest BCUT2D eigenvalue weighted by molar-refractivity contribution is -0.302. The molecular weight excluding hydrogens is 911 g/mol. The van der Waals surface area contributed by atoms with E-state index in [2.05, 4.69) is 116 Å². The molecule has 7 unspecified atom stereocenters. The number of ether oxygens (including phenoxy) is 2. The van der Waals surface area contributed by atoms with Gasteiger partial charge in [0.1, 0.15) is 24.4 Å². The molecule has 1 aliphatic heterocycles. The molecule has 1 rings (SSSR count). The fourth-order valence-corrected chi connectivity index (χ4v) is 8.70. The van der Waals surface area contributed by atoms with Crippen LogP contribution >= 0.6 is 0 Å². The number of unbranched alkanes of at least 4 members (excludes halogenated alkanes) is 23. The predicted molar refractivity (Wildman–Crippen MR) is 308 cm³/mol. The van der Waals surface area contributed by atoms with Crippen LogP contribution < -0.4 is 5.32 Å². The second-order valence-corrected chi connectivity index (χ2v) is 20.1. The standard InChI is InChI=1S/C64H109NO8/c1-3-5-7-9-11-13-15-16-17-18-19-20-21-22-23-24-25-26-27-28-29-30-31-32-33-34-35-36-37-38-39-40-41-42-44-46-48-50-52-54-60(68)65-57(56-72-64-63(71)62(70)61(69)59(55-66)73-64)58(67)53-51-49-47-45-43-14-12-10-8-6-4-2/h5,7,11,13,16-17,19-20,22-23,25-26,28-29,31-32,51,53,57-59,61-64,66-67,69-71H,3-4,6,8-10,12,14-15,18,21,24,27,30,33-50,52,54-56H2,1-2H3,(H,65,68)/b7-5-,13-11-,17-16-,20-19-,23-22-,26-25-,29-28-,32-31-,53-51+. The lowest BCUT2D eigenvalue weighted by Crippen LogP contribution is -2.60. The Balaban J connectivity index is 2.09. The molecule has 0 saturated carbocycles. The number of rotatable bonds is 49. The van der Waals surface area contributed by atoms with E-state index < -0.39 is 49.5 Å². The summed E-state index contributed by atoms with van der Waals surface area (Å²) in [5, 5.41) is 54.3. The molecule has 1 fully saturated rings. The Morgan fingerprint density at radius 3 is 1.26 bits per heavy atom. The SMILES string of the molecule is CC/C=C\C/C=C\C/C=C\C/C=C\C/C=C\C/C=C\C/C=C\C/C=C\CCCCCCCCCCCCCCCCC(=O)NC(COC1OC(CO)C(O)C(O)C1O)C(O)/C=C/CCCCCCCCCCC. The molecule has 9 heteroatoms. The molecule has 0 bridgehead atoms. The van der Waals surface area contributed by atoms with Gasteiger partial charge in [0.25, 0.3) is 0 Å². The van der Waals surface area contributed by atoms with Crippen LogP contribution in [-0.2, 0) is 14.3 Å². The molecule has 1 aliphatic rings. The number of allylic oxidation sites excluding steroid dienone is 17. The van der Waals surface area contributed by atoms with Crippen LogP contribution in [0.15, 0.2) is 109 Å². The van der Waals surface area contributed by atoms with Crippen LogP contribution in [0.3, 0.4) is 0 Å². The first-order valence-electron chi connectivity index (χ1n) is 29.6. The van der Waals surface area contributed by atoms with Crippen LogP contribution in [0.25, 0.3) is 0 Å². The normalized spacial score (nSPS) is 19.9. The number of carbonyl (C=O) groups is 1. The minimum atomic E-state index is -1.57. The van der Waals surface area contributed by atoms with E-state index in [4.69, 9.17) is 9.47 Å². The van der Waals surface area contributed by atoms with Gasteiger partial charge in [-0.05, 0) is 83.5 Å². The van der Waals surface area contributed by atoms with Crippen molar-refractivity contribution in [2.75, 3.05) is 13.2 Å². The molecule has 0 aliphatic carbocycles. The van der Waals surface area contributed by atoms with Crippen molar-refractivity contribution in [3.8, 4) is 0 Å². The Kier molecular flexibility index (Phi) is 48.6. The summed E-state index contributed by atoms with van der Waals surface area (Å²) in [6.45, 7) is 3.64. The highest BCUT2D eigenvalue weighted by Crippen LogP contribution is 2.23. The lowest BCUT2D eigenvalue weighted by Gasteiger charge is -2.40. The first-order chi connectivity index (χ1) is 35.8. The topological polar surface area (TPSA) is 149 Å². The van der Waals surface area contributed by atoms with Gasteiger partial charge in [-0.3, -0.25) is 4.79 Å². The van der Waals surface area contributed by atoms with Crippen molar-refractivity contribution in [3.05, 3.63) is 109 Å². The van der Waals surface area contributed by atoms with Gasteiger partial charge in [0, 0.05) is 6.42 Å². The van der Waals surface area contributed by atoms with Gasteiger partial charge >= 0.3 is 0 Å². The Hall–Kier alpha value is -3.15. The number of nitrogens with one attached hydrogen (secondary N) is 1. The van der Waals surface area contributed by atoms with E-state index in [0.29, 0.717) is 6.42 Å². The third-order valence-corrected chi connectivity index (χ3v) is 13.4. The van der Waals surface area contributed by atoms with E-state index in [0.717, 1.165) is 89.9 Å². The number of aliphatic hydroxyl groups is 5. The minimum absolute atomic E-state index is 0.182. The maximum absolute atomic E-state index is 13.0. The second-order valence-electron chi connectivity index (χ2n) is 20.1. The highest BCUT2D eigenvalue weighted by Gasteiger charge is 2.44. The summed E-state index contributed by atoms with van der Waals surface area (Å²) >= 11 is 0. The molecule has 0 spiro atoms. The number of amides is 1. The summed E-state index contributed by atoms with van der Waals surface area (Å²) < 4.78 is 11.2. The van der Waals surface area contributed by atoms with Crippen molar-refractivity contribution in [1.29, 1.82) is 0 Å². The van der Waals surface area contributed by atoms with Gasteiger partial charge < -0.3 is 40.3 Å². The molecular formula is C64H109NO8. The van der Waals surface area contributed by atoms with E-state index in [1.165, 1.54) is 122 Å². The Bertz CT molecular complexity index is 1510. The number of hydrogen-bond donors (Lipinski definition) is 6. The van der Waals surface area contributed by atoms with Crippen LogP contribution in [0.4, 0.5) is 0 Å². The van der Waals surface area contributed by atoms with Gasteiger partial charge in [-0.2, -0.15) is 0 Å². The average molecular weight is 1020 g/mol. The molecule has 1 saturated heterocycles. The first kappa shape index (κ1) is 67.9. The average Bonchev–Trinajstić information content (AvgIpc) is 3.39. The fourth-order valence-electron chi connectivity index (χ4n) is 8.70. The molecule has 9 nitrogen and oxygen atoms in total. The van der Waals surface area contributed by atoms with E-state index in [9.17, 15) is 30.3 Å². The first-order valence-corrected chi connectivity index (χ1v) is 29.6. The second kappa shape index (κ2) is 52.3. The highest BCUT2D eigenvalue weighted by atomic mass is 16.7. The van der Waals surface area contributed by atoms with E-state index >= 15 is 0 Å². The summed E-state index contributed by atoms with van der Waals surface area (Å²) in [6, 6.07) is -0.809. The van der Waals surface area contributed by atoms with E-state index in [1.807, 2.05) is 6.08 Å². The Morgan fingerprint density at radius 1 is 0.479 bits per heavy atom. The van der Waals surface area contributed by atoms with Crippen molar-refractivity contribution in [1.82, 2.24) is 5.32 Å². The summed E-state index contributed by atoms with van der Waals surface area (Å²) in [6.07, 6.45) is 70.3. The van der Waals surface area contributed by atoms with Crippen molar-refractivity contribution in [2.24, 2.45) is 0 Å². The Labute approximate surface area is 446 Å². The number of hydrogen-bond acceptors (Lipinski definition) is 8. The van der Waals surface area contributed by atoms with Gasteiger partial charge in [-0.15, -0.1) is 0 Å². The lowest BCUT2D eigenvalue weighted by atomic mass is 9.99. The minimum Gasteiger partial charge on any atom is -0.394 e. The summed E-state index contributed by atoms with van der Waals surface area (Å²) in [4.78, 5) is 13.0. The van der Waals surface area contributed by atoms with Crippen LogP contribution in [0, 0.1) is 0 Å². The molecule has 0 radical (unpaired) electrons. The molecule has 7 atom stereocenters. The quantitative estimate of drug-likeness (QED) is 0.0261. The van der Waals surface area contributed by atoms with Crippen molar-refractivity contribution >= 4 is 5.91 Å². The van der Waals surface area contributed by atoms with Gasteiger partial charge in [0.2, 0.25) is 5.91 Å². The van der Waals surface area contributed by atoms with Gasteiger partial charge in [0.15, 0.2) is 6.29 Å². The summed E-state index contributed by atoms with van der Waals surface area (Å²) in [5.74, 6) is -0.182. The largest absolute Gasteiger partial charge is 0.394 e. The van der Waals surface area contributed by atoms with Crippen LogP contribution in [0.5, 0.6) is 0 Å². The fraction of sp³-hybridized carbons (Fsp3) is 0.703. The molecule has 1 heterocycles. The third-order valence-electron chi connectivity index (χ3n) is 13.4. The smallest absolute Gasteiger partial charge is 0.220 e. The molecule has 418 valence electrons. The monoisotopic (exact) mass is 1020 g/mol. The van der Waals surface area contributed by atoms with E-state index in [1.54, 1.807) is 6.08 Å². The molecule has 0 aromatic heterocycles. The predicted octanol–water partition coefficient (Wildman–Crippen LogP) is 15.0. The van der Waals surface area contributed by atoms with Gasteiger partial charge in [-0.25, -0.2) is 0 Å². The summed E-state index contributed by atoms with van der Waals surface area (Å²) in [7, 11) is 0. The maximum Gasteiger partial charge on any atom is 0.220 e. The van der Waals surface area contributed by atoms with Crippen LogP contribution in [0.1, 0.15) is 232 Å². The number of aliphatic hydroxyl groups excluding tert-OH is 5. The van der Waals surface area contributed by atoms with Crippen molar-refractivity contribution < 1.29 is 39.8 Å². The molecule has 73 heavy (non-hydrogen) atoms. The van der Waals surface area contributed by atoms with Gasteiger partial charge in [-0.1, -0.05) is 252 Å². The Morgan fingerprint density at radius 2 is 0.849 bits per heavy atom. The maximum atomic E-state index is 13.0. The third kappa shape index (κ3) is 41.7. The molecule has 1 amide bonds. The highest BCUT2D eigenvalue weighted by molar-refractivity contribution is 5.76.